The maximum atomic E-state index is 13.4. The van der Waals surface area contributed by atoms with E-state index in [2.05, 4.69) is 10.6 Å². The number of urea groups is 2. The summed E-state index contributed by atoms with van der Waals surface area (Å²) in [7, 11) is -6.07. The second kappa shape index (κ2) is 11.7. The van der Waals surface area contributed by atoms with E-state index < -0.39 is 91.9 Å². The first-order valence-electron chi connectivity index (χ1n) is 12.2. The number of rotatable bonds is 8. The molecule has 3 aliphatic rings. The molecule has 15 nitrogen and oxygen atoms in total. The monoisotopic (exact) mass is 649 g/mol. The van der Waals surface area contributed by atoms with Crippen molar-refractivity contribution in [3.63, 3.8) is 0 Å². The summed E-state index contributed by atoms with van der Waals surface area (Å²) in [5.74, 6) is -3.89. The van der Waals surface area contributed by atoms with Crippen LogP contribution in [0.15, 0.2) is 41.6 Å². The lowest BCUT2D eigenvalue weighted by molar-refractivity contribution is -0.151. The van der Waals surface area contributed by atoms with Crippen LogP contribution in [0.1, 0.15) is 18.5 Å². The Morgan fingerprint density at radius 2 is 1.79 bits per heavy atom. The number of β-lactam (4-membered cyclic amide) rings is 1. The number of imide groups is 1. The highest BCUT2D eigenvalue weighted by molar-refractivity contribution is 8.00. The molecule has 1 aromatic carbocycles. The number of carboxylic acid groups (broad SMARTS) is 1. The van der Waals surface area contributed by atoms with Gasteiger partial charge in [0, 0.05) is 18.2 Å². The average molecular weight is 650 g/mol. The van der Waals surface area contributed by atoms with E-state index in [9.17, 15) is 55.5 Å². The fourth-order valence-corrected chi connectivity index (χ4v) is 6.62. The van der Waals surface area contributed by atoms with E-state index in [1.54, 1.807) is 6.07 Å². The van der Waals surface area contributed by atoms with Crippen LogP contribution in [0.25, 0.3) is 0 Å². The largest absolute Gasteiger partial charge is 0.516 e. The highest BCUT2D eigenvalue weighted by Crippen LogP contribution is 2.40. The van der Waals surface area contributed by atoms with Crippen molar-refractivity contribution in [2.75, 3.05) is 25.4 Å². The zero-order valence-electron chi connectivity index (χ0n) is 21.9. The van der Waals surface area contributed by atoms with E-state index in [0.29, 0.717) is 0 Å². The Morgan fingerprint density at radius 3 is 2.37 bits per heavy atom. The Kier molecular flexibility index (Phi) is 8.63. The molecule has 232 valence electrons. The molecule has 20 heteroatoms. The molecule has 2 unspecified atom stereocenters. The number of aliphatic carboxylic acids is 1. The first-order valence-corrected chi connectivity index (χ1v) is 14.6. The molecular formula is C23H22F3N5O10S2. The van der Waals surface area contributed by atoms with Crippen LogP contribution < -0.4 is 10.6 Å². The molecule has 2 saturated heterocycles. The van der Waals surface area contributed by atoms with E-state index in [0.717, 1.165) is 23.6 Å². The molecule has 6 amide bonds. The van der Waals surface area contributed by atoms with E-state index >= 15 is 0 Å². The average Bonchev–Trinajstić information content (AvgIpc) is 3.34. The molecule has 1 aromatic rings. The molecule has 2 fully saturated rings. The molecule has 0 aromatic heterocycles. The van der Waals surface area contributed by atoms with Gasteiger partial charge in [-0.25, -0.2) is 23.6 Å². The molecule has 3 aliphatic heterocycles. The normalized spacial score (nSPS) is 21.2. The number of nitrogens with one attached hydrogen (secondary N) is 2. The zero-order chi connectivity index (χ0) is 31.9. The molecule has 3 N–H and O–H groups in total. The highest BCUT2D eigenvalue weighted by Gasteiger charge is 2.56. The summed E-state index contributed by atoms with van der Waals surface area (Å²) in [6.45, 7) is -0.947. The smallest absolute Gasteiger partial charge is 0.477 e. The van der Waals surface area contributed by atoms with Crippen molar-refractivity contribution in [2.24, 2.45) is 0 Å². The number of carbonyl (C=O) groups excluding carboxylic acids is 5. The summed E-state index contributed by atoms with van der Waals surface area (Å²) in [5, 5.41) is 13.4. The Labute approximate surface area is 245 Å². The maximum absolute atomic E-state index is 13.4. The quantitative estimate of drug-likeness (QED) is 0.259. The summed E-state index contributed by atoms with van der Waals surface area (Å²) >= 11 is 1.08. The van der Waals surface area contributed by atoms with Gasteiger partial charge in [0.05, 0.1) is 13.1 Å². The molecule has 0 radical (unpaired) electrons. The summed E-state index contributed by atoms with van der Waals surface area (Å²) < 4.78 is 66.6. The third-order valence-corrected chi connectivity index (χ3v) is 9.30. The van der Waals surface area contributed by atoms with Crippen molar-refractivity contribution in [3.05, 3.63) is 47.2 Å². The molecule has 43 heavy (non-hydrogen) atoms. The molecular weight excluding hydrogens is 627 g/mol. The molecule has 0 bridgehead atoms. The number of thioether (sulfide) groups is 1. The van der Waals surface area contributed by atoms with E-state index in [4.69, 9.17) is 4.74 Å². The standard InChI is InChI=1S/C23H22F3N5O10S2/c1-11(32)41-9-13-10-42-19-15(18(34)31(19)16(13)20(35)36)27-17(33)14(12-5-3-2-4-6-12)28-21(37)29-7-8-30(22(29)38)43(39,40)23(24,25)26/h2-6,14-15,19H,7-10H2,1H3,(H,27,33)(H,28,37)(H,35,36)/t14?,15?,19-/m0/s1. The van der Waals surface area contributed by atoms with Gasteiger partial charge in [0.2, 0.25) is 5.91 Å². The second-order valence-corrected chi connectivity index (χ2v) is 12.1. The number of ether oxygens (including phenoxy) is 1. The molecule has 3 heterocycles. The number of halogens is 3. The predicted molar refractivity (Wildman–Crippen MR) is 138 cm³/mol. The van der Waals surface area contributed by atoms with Gasteiger partial charge in [0.1, 0.15) is 29.8 Å². The molecule has 0 aliphatic carbocycles. The predicted octanol–water partition coefficient (Wildman–Crippen LogP) is 0.326. The number of amides is 6. The van der Waals surface area contributed by atoms with E-state index in [1.165, 1.54) is 24.3 Å². The summed E-state index contributed by atoms with van der Waals surface area (Å²) in [5.41, 5.74) is -5.90. The Morgan fingerprint density at radius 1 is 1.14 bits per heavy atom. The van der Waals surface area contributed by atoms with Gasteiger partial charge in [0.15, 0.2) is 0 Å². The van der Waals surface area contributed by atoms with Crippen molar-refractivity contribution >= 4 is 57.6 Å². The van der Waals surface area contributed by atoms with Crippen molar-refractivity contribution in [1.82, 2.24) is 24.7 Å². The maximum Gasteiger partial charge on any atom is 0.516 e. The third kappa shape index (κ3) is 5.96. The number of esters is 1. The Bertz CT molecular complexity index is 1520. The highest BCUT2D eigenvalue weighted by atomic mass is 32.2. The van der Waals surface area contributed by atoms with Crippen LogP contribution >= 0.6 is 11.8 Å². The van der Waals surface area contributed by atoms with Gasteiger partial charge in [-0.2, -0.15) is 21.6 Å². The van der Waals surface area contributed by atoms with E-state index in [-0.39, 0.29) is 28.4 Å². The number of fused-ring (bicyclic) bond motifs is 1. The Hall–Kier alpha value is -4.33. The fourth-order valence-electron chi connectivity index (χ4n) is 4.42. The van der Waals surface area contributed by atoms with Crippen molar-refractivity contribution in [1.29, 1.82) is 0 Å². The summed E-state index contributed by atoms with van der Waals surface area (Å²) in [6, 6.07) is 1.32. The molecule has 0 saturated carbocycles. The number of nitrogens with zero attached hydrogens (tertiary/aromatic N) is 3. The summed E-state index contributed by atoms with van der Waals surface area (Å²) in [4.78, 5) is 75.9. The van der Waals surface area contributed by atoms with Gasteiger partial charge < -0.3 is 20.5 Å². The number of benzene rings is 1. The number of hydrogen-bond donors (Lipinski definition) is 3. The van der Waals surface area contributed by atoms with Crippen molar-refractivity contribution in [3.8, 4) is 0 Å². The van der Waals surface area contributed by atoms with Crippen molar-refractivity contribution in [2.45, 2.75) is 29.9 Å². The first kappa shape index (κ1) is 31.6. The summed E-state index contributed by atoms with van der Waals surface area (Å²) in [6.07, 6.45) is 0. The minimum absolute atomic E-state index is 0.0446. The van der Waals surface area contributed by atoms with Gasteiger partial charge >= 0.3 is 39.5 Å². The first-order chi connectivity index (χ1) is 20.1. The van der Waals surface area contributed by atoms with Crippen LogP contribution in [0.4, 0.5) is 22.8 Å². The van der Waals surface area contributed by atoms with Crippen LogP contribution in [0.5, 0.6) is 0 Å². The lowest BCUT2D eigenvalue weighted by Crippen LogP contribution is -2.71. The van der Waals surface area contributed by atoms with Crippen LogP contribution in [0.3, 0.4) is 0 Å². The number of alkyl halides is 3. The van der Waals surface area contributed by atoms with Gasteiger partial charge in [0.25, 0.3) is 5.91 Å². The van der Waals surface area contributed by atoms with Crippen LogP contribution in [0.2, 0.25) is 0 Å². The number of carbonyl (C=O) groups is 6. The lowest BCUT2D eigenvalue weighted by Gasteiger charge is -2.49. The lowest BCUT2D eigenvalue weighted by atomic mass is 10.0. The molecule has 4 rings (SSSR count). The van der Waals surface area contributed by atoms with Gasteiger partial charge in [-0.1, -0.05) is 30.3 Å². The fraction of sp³-hybridized carbons (Fsp3) is 0.391. The number of carboxylic acids is 1. The van der Waals surface area contributed by atoms with Crippen LogP contribution in [-0.2, 0) is 33.9 Å². The van der Waals surface area contributed by atoms with Crippen LogP contribution in [-0.4, -0.2) is 106 Å². The Balaban J connectivity index is 1.51. The molecule has 0 spiro atoms. The van der Waals surface area contributed by atoms with Gasteiger partial charge in [-0.3, -0.25) is 19.3 Å². The topological polar surface area (TPSA) is 200 Å². The minimum Gasteiger partial charge on any atom is -0.477 e. The number of hydrogen-bond acceptors (Lipinski definition) is 10. The number of sulfonamides is 1. The van der Waals surface area contributed by atoms with Gasteiger partial charge in [-0.05, 0) is 5.56 Å². The SMILES string of the molecule is CC(=O)OCC1=C(C(=O)O)N2C(=O)C(NC(=O)C(NC(=O)N3CCN(S(=O)(=O)C(F)(F)F)C3=O)c3ccccc3)[C@@H]2SC1. The molecule has 3 atom stereocenters. The zero-order valence-corrected chi connectivity index (χ0v) is 23.5. The third-order valence-electron chi connectivity index (χ3n) is 6.46. The van der Waals surface area contributed by atoms with Crippen LogP contribution in [0, 0.1) is 0 Å². The van der Waals surface area contributed by atoms with Crippen molar-refractivity contribution < 1.29 is 60.2 Å². The second-order valence-electron chi connectivity index (χ2n) is 9.18. The minimum atomic E-state index is -6.07. The van der Waals surface area contributed by atoms with E-state index in [1.807, 2.05) is 0 Å². The van der Waals surface area contributed by atoms with Gasteiger partial charge in [-0.15, -0.1) is 11.8 Å².